The fraction of sp³-hybridized carbons (Fsp3) is 0.500. The first-order valence-corrected chi connectivity index (χ1v) is 7.08. The molecule has 0 spiro atoms. The normalized spacial score (nSPS) is 23.6. The molecule has 1 saturated heterocycles. The van der Waals surface area contributed by atoms with E-state index in [1.165, 1.54) is 7.11 Å². The molecule has 1 aliphatic rings. The average Bonchev–Trinajstić information content (AvgIpc) is 2.49. The van der Waals surface area contributed by atoms with Crippen LogP contribution < -0.4 is 0 Å². The van der Waals surface area contributed by atoms with E-state index in [-0.39, 0.29) is 12.5 Å². The topological polar surface area (TPSA) is 66.8 Å². The molecule has 1 N–H and O–H groups in total. The van der Waals surface area contributed by atoms with Crippen LogP contribution in [-0.4, -0.2) is 42.1 Å². The first-order chi connectivity index (χ1) is 9.98. The van der Waals surface area contributed by atoms with Crippen molar-refractivity contribution in [3.05, 3.63) is 35.9 Å². The zero-order chi connectivity index (χ0) is 15.5. The molecule has 1 fully saturated rings. The second-order valence-electron chi connectivity index (χ2n) is 5.76. The van der Waals surface area contributed by atoms with Crippen molar-refractivity contribution in [2.75, 3.05) is 20.2 Å². The van der Waals surface area contributed by atoms with E-state index in [9.17, 15) is 14.7 Å². The molecule has 1 aromatic rings. The number of carbonyl (C=O) groups is 2. The summed E-state index contributed by atoms with van der Waals surface area (Å²) >= 11 is 0. The summed E-state index contributed by atoms with van der Waals surface area (Å²) in [6, 6.07) is 9.26. The van der Waals surface area contributed by atoms with E-state index in [2.05, 4.69) is 0 Å². The van der Waals surface area contributed by atoms with Gasteiger partial charge >= 0.3 is 5.97 Å². The van der Waals surface area contributed by atoms with Gasteiger partial charge in [0.15, 0.2) is 6.10 Å². The van der Waals surface area contributed by atoms with Gasteiger partial charge < -0.3 is 14.7 Å². The minimum Gasteiger partial charge on any atom is -0.481 e. The van der Waals surface area contributed by atoms with Gasteiger partial charge in [0, 0.05) is 20.2 Å². The summed E-state index contributed by atoms with van der Waals surface area (Å²) in [6.07, 6.45) is 0.608. The van der Waals surface area contributed by atoms with Crippen LogP contribution in [0, 0.1) is 5.41 Å². The van der Waals surface area contributed by atoms with E-state index in [4.69, 9.17) is 4.74 Å². The van der Waals surface area contributed by atoms with Crippen molar-refractivity contribution in [2.45, 2.75) is 25.9 Å². The SMILES string of the molecule is COC(C(=O)N1CCCC(C)(C(=O)O)C1)c1ccccc1. The lowest BCUT2D eigenvalue weighted by molar-refractivity contribution is -0.156. The van der Waals surface area contributed by atoms with Gasteiger partial charge in [0.05, 0.1) is 5.41 Å². The Kier molecular flexibility index (Phi) is 4.63. The molecule has 0 aliphatic carbocycles. The molecule has 21 heavy (non-hydrogen) atoms. The zero-order valence-electron chi connectivity index (χ0n) is 12.4. The third kappa shape index (κ3) is 3.24. The Balaban J connectivity index is 2.16. The monoisotopic (exact) mass is 291 g/mol. The Morgan fingerprint density at radius 1 is 1.33 bits per heavy atom. The van der Waals surface area contributed by atoms with Crippen LogP contribution in [0.25, 0.3) is 0 Å². The third-order valence-corrected chi connectivity index (χ3v) is 4.09. The quantitative estimate of drug-likeness (QED) is 0.922. The van der Waals surface area contributed by atoms with E-state index in [1.807, 2.05) is 30.3 Å². The van der Waals surface area contributed by atoms with Gasteiger partial charge in [-0.25, -0.2) is 0 Å². The Labute approximate surface area is 124 Å². The van der Waals surface area contributed by atoms with Crippen LogP contribution in [0.4, 0.5) is 0 Å². The van der Waals surface area contributed by atoms with Crippen LogP contribution >= 0.6 is 0 Å². The van der Waals surface area contributed by atoms with Crippen LogP contribution in [-0.2, 0) is 14.3 Å². The predicted molar refractivity (Wildman–Crippen MR) is 77.7 cm³/mol. The Bertz CT molecular complexity index is 516. The zero-order valence-corrected chi connectivity index (χ0v) is 12.4. The molecule has 1 aromatic carbocycles. The lowest BCUT2D eigenvalue weighted by Crippen LogP contribution is -2.49. The highest BCUT2D eigenvalue weighted by molar-refractivity contribution is 5.84. The number of aliphatic carboxylic acids is 1. The second kappa shape index (κ2) is 6.26. The van der Waals surface area contributed by atoms with E-state index < -0.39 is 17.5 Å². The van der Waals surface area contributed by atoms with Crippen molar-refractivity contribution in [2.24, 2.45) is 5.41 Å². The van der Waals surface area contributed by atoms with Crippen LogP contribution in [0.15, 0.2) is 30.3 Å². The Morgan fingerprint density at radius 2 is 2.00 bits per heavy atom. The number of carboxylic acids is 1. The number of carbonyl (C=O) groups excluding carboxylic acids is 1. The molecule has 0 aromatic heterocycles. The molecule has 2 atom stereocenters. The van der Waals surface area contributed by atoms with E-state index in [0.717, 1.165) is 5.56 Å². The molecule has 2 rings (SSSR count). The number of ether oxygens (including phenoxy) is 1. The average molecular weight is 291 g/mol. The van der Waals surface area contributed by atoms with Gasteiger partial charge in [-0.2, -0.15) is 0 Å². The second-order valence-corrected chi connectivity index (χ2v) is 5.76. The van der Waals surface area contributed by atoms with Crippen LogP contribution in [0.2, 0.25) is 0 Å². The molecule has 1 heterocycles. The van der Waals surface area contributed by atoms with Gasteiger partial charge in [-0.1, -0.05) is 30.3 Å². The summed E-state index contributed by atoms with van der Waals surface area (Å²) in [5, 5.41) is 9.34. The fourth-order valence-corrected chi connectivity index (χ4v) is 2.78. The molecule has 1 amide bonds. The first kappa shape index (κ1) is 15.5. The van der Waals surface area contributed by atoms with Crippen molar-refractivity contribution in [3.8, 4) is 0 Å². The van der Waals surface area contributed by atoms with Gasteiger partial charge in [0.25, 0.3) is 5.91 Å². The molecule has 114 valence electrons. The molecule has 0 radical (unpaired) electrons. The fourth-order valence-electron chi connectivity index (χ4n) is 2.78. The molecule has 0 saturated carbocycles. The summed E-state index contributed by atoms with van der Waals surface area (Å²) in [4.78, 5) is 25.6. The van der Waals surface area contributed by atoms with Crippen molar-refractivity contribution < 1.29 is 19.4 Å². The minimum absolute atomic E-state index is 0.170. The van der Waals surface area contributed by atoms with Gasteiger partial charge in [-0.05, 0) is 25.3 Å². The maximum absolute atomic E-state index is 12.6. The largest absolute Gasteiger partial charge is 0.481 e. The standard InChI is InChI=1S/C16H21NO4/c1-16(15(19)20)9-6-10-17(11-16)14(18)13(21-2)12-7-4-3-5-8-12/h3-5,7-8,13H,6,9-11H2,1-2H3,(H,19,20). The maximum Gasteiger partial charge on any atom is 0.311 e. The van der Waals surface area contributed by atoms with E-state index >= 15 is 0 Å². The van der Waals surface area contributed by atoms with Gasteiger partial charge in [0.1, 0.15) is 0 Å². The summed E-state index contributed by atoms with van der Waals surface area (Å²) in [7, 11) is 1.50. The van der Waals surface area contributed by atoms with Crippen LogP contribution in [0.1, 0.15) is 31.4 Å². The number of carboxylic acid groups (broad SMARTS) is 1. The Morgan fingerprint density at radius 3 is 2.57 bits per heavy atom. The van der Waals surface area contributed by atoms with Crippen molar-refractivity contribution in [3.63, 3.8) is 0 Å². The number of nitrogens with zero attached hydrogens (tertiary/aromatic N) is 1. The molecular weight excluding hydrogens is 270 g/mol. The first-order valence-electron chi connectivity index (χ1n) is 7.08. The van der Waals surface area contributed by atoms with Gasteiger partial charge in [0.2, 0.25) is 0 Å². The number of hydrogen-bond donors (Lipinski definition) is 1. The number of benzene rings is 1. The smallest absolute Gasteiger partial charge is 0.311 e. The van der Waals surface area contributed by atoms with E-state index in [0.29, 0.717) is 19.4 Å². The molecular formula is C16H21NO4. The van der Waals surface area contributed by atoms with Gasteiger partial charge in [-0.15, -0.1) is 0 Å². The molecule has 5 nitrogen and oxygen atoms in total. The van der Waals surface area contributed by atoms with Crippen molar-refractivity contribution in [1.29, 1.82) is 0 Å². The summed E-state index contributed by atoms with van der Waals surface area (Å²) in [5.74, 6) is -1.02. The lowest BCUT2D eigenvalue weighted by Gasteiger charge is -2.38. The highest BCUT2D eigenvalue weighted by atomic mass is 16.5. The third-order valence-electron chi connectivity index (χ3n) is 4.09. The molecule has 0 bridgehead atoms. The number of rotatable bonds is 4. The number of piperidine rings is 1. The molecule has 5 heteroatoms. The number of hydrogen-bond acceptors (Lipinski definition) is 3. The highest BCUT2D eigenvalue weighted by Crippen LogP contribution is 2.31. The predicted octanol–water partition coefficient (Wildman–Crippen LogP) is 2.09. The van der Waals surface area contributed by atoms with E-state index in [1.54, 1.807) is 11.8 Å². The van der Waals surface area contributed by atoms with Gasteiger partial charge in [-0.3, -0.25) is 9.59 Å². The molecule has 2 unspecified atom stereocenters. The number of methoxy groups -OCH3 is 1. The summed E-state index contributed by atoms with van der Waals surface area (Å²) in [5.41, 5.74) is -0.0873. The van der Waals surface area contributed by atoms with Crippen LogP contribution in [0.3, 0.4) is 0 Å². The minimum atomic E-state index is -0.872. The number of likely N-dealkylation sites (tertiary alicyclic amines) is 1. The summed E-state index contributed by atoms with van der Waals surface area (Å²) in [6.45, 7) is 2.50. The summed E-state index contributed by atoms with van der Waals surface area (Å²) < 4.78 is 5.34. The maximum atomic E-state index is 12.6. The van der Waals surface area contributed by atoms with Crippen molar-refractivity contribution >= 4 is 11.9 Å². The van der Waals surface area contributed by atoms with Crippen LogP contribution in [0.5, 0.6) is 0 Å². The lowest BCUT2D eigenvalue weighted by atomic mass is 9.82. The number of amides is 1. The Hall–Kier alpha value is -1.88. The molecule has 1 aliphatic heterocycles. The highest BCUT2D eigenvalue weighted by Gasteiger charge is 2.40. The van der Waals surface area contributed by atoms with Crippen molar-refractivity contribution in [1.82, 2.24) is 4.90 Å².